The molecule has 94 valence electrons. The SMILES string of the molecule is CC(C)(C)c1ccc(/C(I)=C/C(F)(F)F)cc1. The third kappa shape index (κ3) is 4.69. The van der Waals surface area contributed by atoms with Crippen LogP contribution in [0.5, 0.6) is 0 Å². The van der Waals surface area contributed by atoms with Gasteiger partial charge in [0.25, 0.3) is 0 Å². The van der Waals surface area contributed by atoms with Crippen LogP contribution in [0.25, 0.3) is 3.58 Å². The molecule has 0 bridgehead atoms. The minimum Gasteiger partial charge on any atom is -0.167 e. The fourth-order valence-corrected chi connectivity index (χ4v) is 2.07. The lowest BCUT2D eigenvalue weighted by molar-refractivity contribution is -0.0791. The summed E-state index contributed by atoms with van der Waals surface area (Å²) in [4.78, 5) is 0. The molecule has 1 aromatic carbocycles. The van der Waals surface area contributed by atoms with Crippen LogP contribution in [0.3, 0.4) is 0 Å². The molecule has 0 amide bonds. The Morgan fingerprint density at radius 3 is 1.88 bits per heavy atom. The van der Waals surface area contributed by atoms with E-state index in [1.807, 2.05) is 12.1 Å². The fraction of sp³-hybridized carbons (Fsp3) is 0.385. The highest BCUT2D eigenvalue weighted by atomic mass is 127. The first-order valence-electron chi connectivity index (χ1n) is 5.15. The Balaban J connectivity index is 3.00. The fourth-order valence-electron chi connectivity index (χ4n) is 1.36. The molecule has 0 saturated carbocycles. The monoisotopic (exact) mass is 354 g/mol. The summed E-state index contributed by atoms with van der Waals surface area (Å²) in [6.07, 6.45) is -3.95. The van der Waals surface area contributed by atoms with Gasteiger partial charge in [-0.3, -0.25) is 0 Å². The molecular weight excluding hydrogens is 340 g/mol. The second kappa shape index (κ2) is 5.00. The maximum atomic E-state index is 12.2. The average molecular weight is 354 g/mol. The Bertz CT molecular complexity index is 408. The quantitative estimate of drug-likeness (QED) is 0.599. The largest absolute Gasteiger partial charge is 0.410 e. The van der Waals surface area contributed by atoms with E-state index in [-0.39, 0.29) is 8.99 Å². The van der Waals surface area contributed by atoms with Gasteiger partial charge in [-0.15, -0.1) is 0 Å². The predicted octanol–water partition coefficient (Wildman–Crippen LogP) is 5.32. The topological polar surface area (TPSA) is 0 Å². The molecule has 0 atom stereocenters. The van der Waals surface area contributed by atoms with Gasteiger partial charge in [0.15, 0.2) is 0 Å². The zero-order valence-electron chi connectivity index (χ0n) is 9.90. The standard InChI is InChI=1S/C13H14F3I/c1-12(2,3)10-6-4-9(5-7-10)11(17)8-13(14,15)16/h4-8H,1-3H3/b11-8-. The number of allylic oxidation sites excluding steroid dienone is 1. The summed E-state index contributed by atoms with van der Waals surface area (Å²) in [5.41, 5.74) is 1.71. The average Bonchev–Trinajstić information content (AvgIpc) is 2.14. The van der Waals surface area contributed by atoms with Crippen LogP contribution in [-0.4, -0.2) is 6.18 Å². The third-order valence-corrected chi connectivity index (χ3v) is 3.25. The molecule has 0 aliphatic heterocycles. The Morgan fingerprint density at radius 1 is 1.06 bits per heavy atom. The van der Waals surface area contributed by atoms with Crippen molar-refractivity contribution in [2.24, 2.45) is 0 Å². The van der Waals surface area contributed by atoms with Gasteiger partial charge in [-0.1, -0.05) is 45.0 Å². The summed E-state index contributed by atoms with van der Waals surface area (Å²) >= 11 is 1.71. The summed E-state index contributed by atoms with van der Waals surface area (Å²) in [5, 5.41) is 0. The predicted molar refractivity (Wildman–Crippen MR) is 73.2 cm³/mol. The van der Waals surface area contributed by atoms with E-state index >= 15 is 0 Å². The second-order valence-electron chi connectivity index (χ2n) is 4.86. The Labute approximate surface area is 113 Å². The van der Waals surface area contributed by atoms with E-state index in [2.05, 4.69) is 20.8 Å². The molecule has 0 aromatic heterocycles. The molecule has 17 heavy (non-hydrogen) atoms. The number of rotatable bonds is 1. The molecule has 0 fully saturated rings. The van der Waals surface area contributed by atoms with Crippen LogP contribution >= 0.6 is 22.6 Å². The molecular formula is C13H14F3I. The number of hydrogen-bond acceptors (Lipinski definition) is 0. The van der Waals surface area contributed by atoms with Crippen molar-refractivity contribution in [3.05, 3.63) is 41.5 Å². The van der Waals surface area contributed by atoms with Gasteiger partial charge < -0.3 is 0 Å². The molecule has 0 nitrogen and oxygen atoms in total. The van der Waals surface area contributed by atoms with Gasteiger partial charge in [0.1, 0.15) is 0 Å². The molecule has 0 N–H and O–H groups in total. The Morgan fingerprint density at radius 2 is 1.53 bits per heavy atom. The number of alkyl halides is 3. The number of hydrogen-bond donors (Lipinski definition) is 0. The van der Waals surface area contributed by atoms with Gasteiger partial charge in [0, 0.05) is 9.66 Å². The highest BCUT2D eigenvalue weighted by Gasteiger charge is 2.24. The molecule has 0 aliphatic carbocycles. The highest BCUT2D eigenvalue weighted by Crippen LogP contribution is 2.30. The van der Waals surface area contributed by atoms with E-state index in [1.165, 1.54) is 0 Å². The lowest BCUT2D eigenvalue weighted by Gasteiger charge is -2.19. The smallest absolute Gasteiger partial charge is 0.167 e. The number of benzene rings is 1. The van der Waals surface area contributed by atoms with Gasteiger partial charge >= 0.3 is 6.18 Å². The maximum absolute atomic E-state index is 12.2. The summed E-state index contributed by atoms with van der Waals surface area (Å²) in [6, 6.07) is 7.20. The third-order valence-electron chi connectivity index (χ3n) is 2.32. The molecule has 0 saturated heterocycles. The van der Waals surface area contributed by atoms with Gasteiger partial charge in [-0.2, -0.15) is 13.2 Å². The first kappa shape index (κ1) is 14.5. The van der Waals surface area contributed by atoms with E-state index < -0.39 is 6.18 Å². The lowest BCUT2D eigenvalue weighted by Crippen LogP contribution is -2.10. The lowest BCUT2D eigenvalue weighted by atomic mass is 9.87. The minimum absolute atomic E-state index is 0.0116. The van der Waals surface area contributed by atoms with Gasteiger partial charge in [-0.25, -0.2) is 0 Å². The van der Waals surface area contributed by atoms with Crippen LogP contribution in [0, 0.1) is 0 Å². The summed E-state index contributed by atoms with van der Waals surface area (Å²) in [6.45, 7) is 6.20. The van der Waals surface area contributed by atoms with Crippen molar-refractivity contribution in [1.29, 1.82) is 0 Å². The van der Waals surface area contributed by atoms with Crippen molar-refractivity contribution in [2.45, 2.75) is 32.4 Å². The Hall–Kier alpha value is -0.520. The van der Waals surface area contributed by atoms with Gasteiger partial charge in [0.2, 0.25) is 0 Å². The molecule has 0 spiro atoms. The van der Waals surface area contributed by atoms with Crippen molar-refractivity contribution >= 4 is 26.2 Å². The van der Waals surface area contributed by atoms with Crippen LogP contribution in [0.15, 0.2) is 30.3 Å². The van der Waals surface area contributed by atoms with Crippen molar-refractivity contribution in [2.75, 3.05) is 0 Å². The summed E-state index contributed by atoms with van der Waals surface area (Å²) in [5.74, 6) is 0. The molecule has 0 unspecified atom stereocenters. The maximum Gasteiger partial charge on any atom is 0.410 e. The number of halogens is 4. The van der Waals surface area contributed by atoms with Crippen molar-refractivity contribution in [1.82, 2.24) is 0 Å². The normalized spacial score (nSPS) is 13.9. The molecule has 4 heteroatoms. The van der Waals surface area contributed by atoms with Gasteiger partial charge in [-0.05, 0) is 39.1 Å². The first-order chi connectivity index (χ1) is 7.59. The molecule has 1 rings (SSSR count). The minimum atomic E-state index is -4.26. The van der Waals surface area contributed by atoms with E-state index in [0.717, 1.165) is 5.56 Å². The van der Waals surface area contributed by atoms with Crippen molar-refractivity contribution in [3.63, 3.8) is 0 Å². The van der Waals surface area contributed by atoms with Crippen LogP contribution in [0.2, 0.25) is 0 Å². The van der Waals surface area contributed by atoms with E-state index in [9.17, 15) is 13.2 Å². The van der Waals surface area contributed by atoms with Crippen molar-refractivity contribution < 1.29 is 13.2 Å². The highest BCUT2D eigenvalue weighted by molar-refractivity contribution is 14.1. The zero-order valence-corrected chi connectivity index (χ0v) is 12.1. The van der Waals surface area contributed by atoms with Crippen LogP contribution in [0.1, 0.15) is 31.9 Å². The van der Waals surface area contributed by atoms with Crippen LogP contribution in [-0.2, 0) is 5.41 Å². The second-order valence-corrected chi connectivity index (χ2v) is 6.02. The van der Waals surface area contributed by atoms with E-state index in [0.29, 0.717) is 11.6 Å². The molecule has 0 radical (unpaired) electrons. The van der Waals surface area contributed by atoms with Crippen LogP contribution < -0.4 is 0 Å². The zero-order chi connectivity index (χ0) is 13.3. The summed E-state index contributed by atoms with van der Waals surface area (Å²) < 4.78 is 36.7. The first-order valence-corrected chi connectivity index (χ1v) is 6.23. The van der Waals surface area contributed by atoms with Crippen molar-refractivity contribution in [3.8, 4) is 0 Å². The molecule has 0 heterocycles. The van der Waals surface area contributed by atoms with Gasteiger partial charge in [0.05, 0.1) is 0 Å². The van der Waals surface area contributed by atoms with E-state index in [1.54, 1.807) is 34.7 Å². The molecule has 0 aliphatic rings. The van der Waals surface area contributed by atoms with Crippen LogP contribution in [0.4, 0.5) is 13.2 Å². The van der Waals surface area contributed by atoms with E-state index in [4.69, 9.17) is 0 Å². The summed E-state index contributed by atoms with van der Waals surface area (Å²) in [7, 11) is 0. The Kier molecular flexibility index (Phi) is 4.28. The molecule has 1 aromatic rings.